The lowest BCUT2D eigenvalue weighted by molar-refractivity contribution is 0.323. The molecule has 134 valence electrons. The number of hydrogen-bond donors (Lipinski definition) is 1. The molecule has 0 amide bonds. The number of rotatable bonds is 11. The summed E-state index contributed by atoms with van der Waals surface area (Å²) in [5.74, 6) is 6.34. The maximum Gasteiger partial charge on any atom is 0.113 e. The van der Waals surface area contributed by atoms with Crippen LogP contribution in [0.3, 0.4) is 0 Å². The van der Waals surface area contributed by atoms with E-state index in [9.17, 15) is 0 Å². The van der Waals surface area contributed by atoms with Crippen LogP contribution in [-0.2, 0) is 0 Å². The summed E-state index contributed by atoms with van der Waals surface area (Å²) in [4.78, 5) is 4.20. The summed E-state index contributed by atoms with van der Waals surface area (Å²) in [5.41, 5.74) is 0.889. The highest BCUT2D eigenvalue weighted by Gasteiger charge is 1.92. The molecule has 3 nitrogen and oxygen atoms in total. The summed E-state index contributed by atoms with van der Waals surface area (Å²) in [6.45, 7) is 4.95. The van der Waals surface area contributed by atoms with E-state index in [0.29, 0.717) is 0 Å². The van der Waals surface area contributed by atoms with Crippen LogP contribution in [0, 0.1) is 11.8 Å². The predicted octanol–water partition coefficient (Wildman–Crippen LogP) is 6.21. The van der Waals surface area contributed by atoms with Gasteiger partial charge in [0.25, 0.3) is 0 Å². The quantitative estimate of drug-likeness (QED) is 0.172. The Bertz CT molecular complexity index is 434. The molecule has 1 aromatic rings. The summed E-state index contributed by atoms with van der Waals surface area (Å²) in [7, 11) is 0. The Morgan fingerprint density at radius 2 is 1.50 bits per heavy atom. The molecule has 0 radical (unpaired) electrons. The SMILES string of the molecule is C=NO.CCCCCCCCCCCCCC#Cc1ccccn1. The molecule has 1 aromatic heterocycles. The van der Waals surface area contributed by atoms with E-state index in [1.54, 1.807) is 6.20 Å². The van der Waals surface area contributed by atoms with Gasteiger partial charge in [-0.15, -0.1) is 5.16 Å². The first-order valence-corrected chi connectivity index (χ1v) is 9.35. The van der Waals surface area contributed by atoms with E-state index in [1.165, 1.54) is 70.6 Å². The van der Waals surface area contributed by atoms with Gasteiger partial charge in [-0.3, -0.25) is 0 Å². The Hall–Kier alpha value is -1.82. The first-order valence-electron chi connectivity index (χ1n) is 9.35. The second kappa shape index (κ2) is 19.2. The molecule has 1 rings (SSSR count). The van der Waals surface area contributed by atoms with Crippen molar-refractivity contribution in [3.63, 3.8) is 0 Å². The van der Waals surface area contributed by atoms with Gasteiger partial charge >= 0.3 is 0 Å². The molecule has 0 aromatic carbocycles. The van der Waals surface area contributed by atoms with Crippen molar-refractivity contribution >= 4 is 6.72 Å². The third kappa shape index (κ3) is 16.5. The van der Waals surface area contributed by atoms with Crippen LogP contribution in [0.2, 0.25) is 0 Å². The van der Waals surface area contributed by atoms with Crippen molar-refractivity contribution in [2.45, 2.75) is 84.0 Å². The number of nitrogens with zero attached hydrogens (tertiary/aromatic N) is 2. The zero-order valence-electron chi connectivity index (χ0n) is 15.3. The highest BCUT2D eigenvalue weighted by atomic mass is 16.4. The molecule has 0 saturated heterocycles. The van der Waals surface area contributed by atoms with E-state index in [2.05, 4.69) is 35.6 Å². The summed E-state index contributed by atoms with van der Waals surface area (Å²) < 4.78 is 0. The van der Waals surface area contributed by atoms with Crippen molar-refractivity contribution in [3.8, 4) is 11.8 Å². The molecule has 1 heterocycles. The monoisotopic (exact) mass is 330 g/mol. The van der Waals surface area contributed by atoms with E-state index < -0.39 is 0 Å². The van der Waals surface area contributed by atoms with E-state index in [1.807, 2.05) is 18.2 Å². The third-order valence-electron chi connectivity index (χ3n) is 3.79. The van der Waals surface area contributed by atoms with Gasteiger partial charge in [0.05, 0.1) is 0 Å². The fourth-order valence-electron chi connectivity index (χ4n) is 2.47. The fraction of sp³-hybridized carbons (Fsp3) is 0.619. The van der Waals surface area contributed by atoms with Gasteiger partial charge in [0.2, 0.25) is 0 Å². The van der Waals surface area contributed by atoms with Gasteiger partial charge in [-0.25, -0.2) is 4.98 Å². The lowest BCUT2D eigenvalue weighted by Gasteiger charge is -2.01. The van der Waals surface area contributed by atoms with Gasteiger partial charge < -0.3 is 5.21 Å². The Morgan fingerprint density at radius 3 is 2.00 bits per heavy atom. The zero-order chi connectivity index (χ0) is 17.7. The number of oxime groups is 1. The average molecular weight is 331 g/mol. The van der Waals surface area contributed by atoms with Gasteiger partial charge in [0.15, 0.2) is 0 Å². The maximum atomic E-state index is 7.08. The fourth-order valence-corrected chi connectivity index (χ4v) is 2.47. The number of hydrogen-bond acceptors (Lipinski definition) is 3. The van der Waals surface area contributed by atoms with Gasteiger partial charge in [-0.05, 0) is 24.5 Å². The number of unbranched alkanes of at least 4 members (excludes halogenated alkanes) is 11. The van der Waals surface area contributed by atoms with Gasteiger partial charge in [0.1, 0.15) is 5.69 Å². The van der Waals surface area contributed by atoms with Gasteiger partial charge in [-0.1, -0.05) is 83.1 Å². The molecule has 0 bridgehead atoms. The molecule has 0 saturated carbocycles. The van der Waals surface area contributed by atoms with Crippen LogP contribution in [0.4, 0.5) is 0 Å². The molecule has 0 unspecified atom stereocenters. The second-order valence-electron chi connectivity index (χ2n) is 5.94. The first-order chi connectivity index (χ1) is 11.8. The molecular weight excluding hydrogens is 296 g/mol. The molecule has 0 fully saturated rings. The molecule has 0 spiro atoms. The highest BCUT2D eigenvalue weighted by molar-refractivity contribution is 5.26. The van der Waals surface area contributed by atoms with Crippen LogP contribution >= 0.6 is 0 Å². The number of pyridine rings is 1. The smallest absolute Gasteiger partial charge is 0.113 e. The Kier molecular flexibility index (Phi) is 17.8. The Labute approximate surface area is 148 Å². The minimum atomic E-state index is 0.889. The molecular formula is C21H34N2O. The van der Waals surface area contributed by atoms with Crippen molar-refractivity contribution in [1.82, 2.24) is 4.98 Å². The van der Waals surface area contributed by atoms with Crippen molar-refractivity contribution < 1.29 is 5.21 Å². The Morgan fingerprint density at radius 1 is 0.958 bits per heavy atom. The average Bonchev–Trinajstić information content (AvgIpc) is 2.60. The van der Waals surface area contributed by atoms with Crippen molar-refractivity contribution in [3.05, 3.63) is 30.1 Å². The van der Waals surface area contributed by atoms with Crippen LogP contribution in [0.5, 0.6) is 0 Å². The lowest BCUT2D eigenvalue weighted by atomic mass is 10.1. The second-order valence-corrected chi connectivity index (χ2v) is 5.94. The van der Waals surface area contributed by atoms with Crippen LogP contribution in [0.1, 0.15) is 89.7 Å². The molecule has 1 N–H and O–H groups in total. The molecule has 0 aliphatic carbocycles. The van der Waals surface area contributed by atoms with E-state index in [0.717, 1.165) is 12.1 Å². The Balaban J connectivity index is 0.00000163. The summed E-state index contributed by atoms with van der Waals surface area (Å²) in [5, 5.41) is 9.33. The van der Waals surface area contributed by atoms with Crippen molar-refractivity contribution in [2.75, 3.05) is 0 Å². The molecule has 0 atom stereocenters. The van der Waals surface area contributed by atoms with E-state index >= 15 is 0 Å². The molecule has 24 heavy (non-hydrogen) atoms. The summed E-state index contributed by atoms with van der Waals surface area (Å²) in [6, 6.07) is 5.88. The van der Waals surface area contributed by atoms with Crippen molar-refractivity contribution in [1.29, 1.82) is 0 Å². The van der Waals surface area contributed by atoms with Gasteiger partial charge in [-0.2, -0.15) is 0 Å². The molecule has 3 heteroatoms. The van der Waals surface area contributed by atoms with Crippen LogP contribution in [-0.4, -0.2) is 16.9 Å². The molecule has 0 aliphatic rings. The zero-order valence-corrected chi connectivity index (χ0v) is 15.3. The normalized spacial score (nSPS) is 9.38. The van der Waals surface area contributed by atoms with Gasteiger partial charge in [0, 0.05) is 19.3 Å². The number of aromatic nitrogens is 1. The minimum absolute atomic E-state index is 0.889. The van der Waals surface area contributed by atoms with Crippen LogP contribution in [0.25, 0.3) is 0 Å². The van der Waals surface area contributed by atoms with Crippen LogP contribution in [0.15, 0.2) is 29.6 Å². The maximum absolute atomic E-state index is 7.08. The topological polar surface area (TPSA) is 45.5 Å². The minimum Gasteiger partial charge on any atom is -0.411 e. The van der Waals surface area contributed by atoms with E-state index in [-0.39, 0.29) is 0 Å². The van der Waals surface area contributed by atoms with E-state index in [4.69, 9.17) is 5.21 Å². The summed E-state index contributed by atoms with van der Waals surface area (Å²) in [6.07, 6.45) is 18.1. The van der Waals surface area contributed by atoms with Crippen molar-refractivity contribution in [2.24, 2.45) is 5.16 Å². The first kappa shape index (κ1) is 22.2. The standard InChI is InChI=1S/C20H31N.CH3NO/c1-2-3-4-5-6-7-8-9-10-11-12-13-14-17-20-18-15-16-19-21-20;1-2-3/h15-16,18-19H,2-13H2,1H3;3H,1H2. The highest BCUT2D eigenvalue weighted by Crippen LogP contribution is 2.11. The largest absolute Gasteiger partial charge is 0.411 e. The van der Waals surface area contributed by atoms with Crippen LogP contribution < -0.4 is 0 Å². The molecule has 0 aliphatic heterocycles. The third-order valence-corrected chi connectivity index (χ3v) is 3.79. The summed E-state index contributed by atoms with van der Waals surface area (Å²) >= 11 is 0. The predicted molar refractivity (Wildman–Crippen MR) is 104 cm³/mol. The lowest BCUT2D eigenvalue weighted by Crippen LogP contribution is -1.82.